The third kappa shape index (κ3) is 5.70. The lowest BCUT2D eigenvalue weighted by Gasteiger charge is -2.24. The topological polar surface area (TPSA) is 69.9 Å². The molecule has 0 radical (unpaired) electrons. The molecule has 1 aromatic heterocycles. The van der Waals surface area contributed by atoms with Crippen molar-refractivity contribution >= 4 is 50.1 Å². The van der Waals surface area contributed by atoms with Crippen molar-refractivity contribution in [2.24, 2.45) is 4.99 Å². The number of allylic oxidation sites excluding steroid dienone is 1. The number of rotatable bonds is 7. The molecule has 9 heteroatoms. The number of fused-ring (bicyclic) bond motifs is 2. The molecule has 0 bridgehead atoms. The first-order valence-corrected chi connectivity index (χ1v) is 15.3. The maximum Gasteiger partial charge on any atom is 0.338 e. The van der Waals surface area contributed by atoms with Crippen molar-refractivity contribution in [1.29, 1.82) is 0 Å². The van der Waals surface area contributed by atoms with Crippen molar-refractivity contribution in [2.45, 2.75) is 26.5 Å². The number of esters is 1. The van der Waals surface area contributed by atoms with E-state index in [2.05, 4.69) is 45.2 Å². The Hall–Kier alpha value is -4.34. The second-order valence-corrected chi connectivity index (χ2v) is 11.8. The lowest BCUT2D eigenvalue weighted by molar-refractivity contribution is -0.139. The summed E-state index contributed by atoms with van der Waals surface area (Å²) in [5.41, 5.74) is 2.86. The second-order valence-electron chi connectivity index (χ2n) is 9.97. The van der Waals surface area contributed by atoms with E-state index in [1.54, 1.807) is 32.1 Å². The number of aromatic nitrogens is 1. The van der Waals surface area contributed by atoms with E-state index in [9.17, 15) is 14.0 Å². The third-order valence-electron chi connectivity index (χ3n) is 7.22. The van der Waals surface area contributed by atoms with Gasteiger partial charge in [0, 0.05) is 0 Å². The highest BCUT2D eigenvalue weighted by Gasteiger charge is 2.33. The number of carbonyl (C=O) groups is 1. The van der Waals surface area contributed by atoms with Crippen molar-refractivity contribution < 1.29 is 18.7 Å². The second kappa shape index (κ2) is 12.1. The summed E-state index contributed by atoms with van der Waals surface area (Å²) in [5, 5.41) is 2.30. The quantitative estimate of drug-likeness (QED) is 0.189. The SMILES string of the molecule is CCOC(=O)C1=C(C)N=c2s/c(=C\c3ccc(OCc4cccc5ccccc45)c(Br)c3)c(=O)n2[C@@H]1c1ccc(F)cc1. The summed E-state index contributed by atoms with van der Waals surface area (Å²) in [6, 6.07) is 25.0. The number of thiazole rings is 1. The Morgan fingerprint density at radius 3 is 2.60 bits per heavy atom. The highest BCUT2D eigenvalue weighted by molar-refractivity contribution is 9.10. The first-order chi connectivity index (χ1) is 20.8. The van der Waals surface area contributed by atoms with Crippen molar-refractivity contribution in [2.75, 3.05) is 6.61 Å². The van der Waals surface area contributed by atoms with Crippen molar-refractivity contribution in [3.63, 3.8) is 0 Å². The molecular weight excluding hydrogens is 631 g/mol. The van der Waals surface area contributed by atoms with Gasteiger partial charge in [-0.3, -0.25) is 9.36 Å². The Balaban J connectivity index is 1.34. The molecule has 0 amide bonds. The van der Waals surface area contributed by atoms with Crippen molar-refractivity contribution in [3.05, 3.63) is 143 Å². The van der Waals surface area contributed by atoms with Gasteiger partial charge in [0.2, 0.25) is 0 Å². The van der Waals surface area contributed by atoms with Gasteiger partial charge in [0.25, 0.3) is 5.56 Å². The smallest absolute Gasteiger partial charge is 0.338 e. The third-order valence-corrected chi connectivity index (χ3v) is 8.82. The molecule has 1 aliphatic rings. The maximum absolute atomic E-state index is 13.8. The van der Waals surface area contributed by atoms with E-state index >= 15 is 0 Å². The van der Waals surface area contributed by atoms with Crippen LogP contribution < -0.4 is 19.6 Å². The molecule has 4 aromatic carbocycles. The average Bonchev–Trinajstić information content (AvgIpc) is 3.30. The Bertz CT molecular complexity index is 2080. The largest absolute Gasteiger partial charge is 0.488 e. The Kier molecular flexibility index (Phi) is 8.10. The summed E-state index contributed by atoms with van der Waals surface area (Å²) in [6.45, 7) is 4.01. The van der Waals surface area contributed by atoms with Gasteiger partial charge in [-0.25, -0.2) is 14.2 Å². The summed E-state index contributed by atoms with van der Waals surface area (Å²) < 4.78 is 27.9. The molecule has 1 aliphatic heterocycles. The van der Waals surface area contributed by atoms with Crippen molar-refractivity contribution in [3.8, 4) is 5.75 Å². The molecule has 6 rings (SSSR count). The summed E-state index contributed by atoms with van der Waals surface area (Å²) in [6.07, 6.45) is 1.79. The summed E-state index contributed by atoms with van der Waals surface area (Å²) in [7, 11) is 0. The van der Waals surface area contributed by atoms with Crippen LogP contribution in [0.4, 0.5) is 4.39 Å². The lowest BCUT2D eigenvalue weighted by Crippen LogP contribution is -2.39. The zero-order chi connectivity index (χ0) is 30.1. The van der Waals surface area contributed by atoms with E-state index in [1.165, 1.54) is 28.0 Å². The molecule has 0 saturated carbocycles. The van der Waals surface area contributed by atoms with Crippen LogP contribution in [0, 0.1) is 5.82 Å². The first-order valence-electron chi connectivity index (χ1n) is 13.7. The molecule has 0 unspecified atom stereocenters. The van der Waals surface area contributed by atoms with Gasteiger partial charge in [0.1, 0.15) is 18.2 Å². The Morgan fingerprint density at radius 1 is 1.07 bits per heavy atom. The fraction of sp³-hybridized carbons (Fsp3) is 0.147. The van der Waals surface area contributed by atoms with E-state index < -0.39 is 17.8 Å². The van der Waals surface area contributed by atoms with Crippen LogP contribution in [0.1, 0.15) is 36.6 Å². The van der Waals surface area contributed by atoms with Gasteiger partial charge in [-0.1, -0.05) is 72.0 Å². The highest BCUT2D eigenvalue weighted by Crippen LogP contribution is 2.31. The molecule has 0 fully saturated rings. The van der Waals surface area contributed by atoms with E-state index in [0.717, 1.165) is 26.4 Å². The number of hydrogen-bond acceptors (Lipinski definition) is 6. The van der Waals surface area contributed by atoms with Gasteiger partial charge in [-0.15, -0.1) is 0 Å². The number of ether oxygens (including phenoxy) is 2. The monoisotopic (exact) mass is 656 g/mol. The van der Waals surface area contributed by atoms with Gasteiger partial charge in [0.15, 0.2) is 4.80 Å². The first kappa shape index (κ1) is 28.8. The van der Waals surface area contributed by atoms with Crippen LogP contribution in [0.25, 0.3) is 16.8 Å². The number of benzene rings is 4. The van der Waals surface area contributed by atoms with Gasteiger partial charge in [-0.05, 0) is 87.6 Å². The van der Waals surface area contributed by atoms with E-state index in [4.69, 9.17) is 9.47 Å². The van der Waals surface area contributed by atoms with Crippen LogP contribution in [0.5, 0.6) is 5.75 Å². The van der Waals surface area contributed by atoms with Crippen molar-refractivity contribution in [1.82, 2.24) is 4.57 Å². The van der Waals surface area contributed by atoms with Gasteiger partial charge < -0.3 is 9.47 Å². The summed E-state index contributed by atoms with van der Waals surface area (Å²) in [4.78, 5) is 31.9. The molecular formula is C34H26BrFN2O4S. The van der Waals surface area contributed by atoms with E-state index in [0.29, 0.717) is 33.0 Å². The minimum atomic E-state index is -0.797. The van der Waals surface area contributed by atoms with Gasteiger partial charge in [0.05, 0.1) is 32.9 Å². The minimum Gasteiger partial charge on any atom is -0.488 e. The number of nitrogens with zero attached hydrogens (tertiary/aromatic N) is 2. The van der Waals surface area contributed by atoms with Crippen LogP contribution in [0.15, 0.2) is 110 Å². The predicted molar refractivity (Wildman–Crippen MR) is 169 cm³/mol. The Labute approximate surface area is 259 Å². The molecule has 216 valence electrons. The maximum atomic E-state index is 13.8. The summed E-state index contributed by atoms with van der Waals surface area (Å²) in [5.74, 6) is -0.294. The minimum absolute atomic E-state index is 0.173. The van der Waals surface area contributed by atoms with Gasteiger partial charge >= 0.3 is 5.97 Å². The summed E-state index contributed by atoms with van der Waals surface area (Å²) >= 11 is 4.85. The molecule has 2 heterocycles. The number of carbonyl (C=O) groups excluding carboxylic acids is 1. The zero-order valence-corrected chi connectivity index (χ0v) is 25.7. The molecule has 1 atom stereocenters. The van der Waals surface area contributed by atoms with Crippen LogP contribution in [0.3, 0.4) is 0 Å². The molecule has 43 heavy (non-hydrogen) atoms. The number of hydrogen-bond donors (Lipinski definition) is 0. The lowest BCUT2D eigenvalue weighted by atomic mass is 9.96. The molecule has 0 spiro atoms. The highest BCUT2D eigenvalue weighted by atomic mass is 79.9. The van der Waals surface area contributed by atoms with Crippen LogP contribution >= 0.6 is 27.3 Å². The van der Waals surface area contributed by atoms with E-state index in [-0.39, 0.29) is 17.7 Å². The fourth-order valence-corrected chi connectivity index (χ4v) is 6.76. The normalized spacial score (nSPS) is 14.9. The zero-order valence-electron chi connectivity index (χ0n) is 23.3. The average molecular weight is 658 g/mol. The molecule has 6 nitrogen and oxygen atoms in total. The van der Waals surface area contributed by atoms with Gasteiger partial charge in [-0.2, -0.15) is 0 Å². The molecule has 0 saturated heterocycles. The van der Waals surface area contributed by atoms with Crippen LogP contribution in [0.2, 0.25) is 0 Å². The Morgan fingerprint density at radius 2 is 1.84 bits per heavy atom. The van der Waals surface area contributed by atoms with Crippen LogP contribution in [-0.4, -0.2) is 17.1 Å². The molecule has 5 aromatic rings. The van der Waals surface area contributed by atoms with Crippen LogP contribution in [-0.2, 0) is 16.1 Å². The molecule has 0 N–H and O–H groups in total. The molecule has 0 aliphatic carbocycles. The standard InChI is InChI=1S/C34H26BrFN2O4S/c1-3-41-33(40)30-20(2)37-34-38(31(30)23-12-14-25(36)15-13-23)32(39)29(43-34)18-21-11-16-28(27(35)17-21)42-19-24-9-6-8-22-7-4-5-10-26(22)24/h4-18,31H,3,19H2,1-2H3/b29-18-/t31-/m1/s1. The van der Waals surface area contributed by atoms with E-state index in [1.807, 2.05) is 36.4 Å². The fourth-order valence-electron chi connectivity index (χ4n) is 5.20. The number of halogens is 2. The predicted octanol–water partition coefficient (Wildman–Crippen LogP) is 6.43.